The summed E-state index contributed by atoms with van der Waals surface area (Å²) in [6.07, 6.45) is 1.71. The van der Waals surface area contributed by atoms with Crippen LogP contribution in [0.15, 0.2) is 54.7 Å². The fraction of sp³-hybridized carbons (Fsp3) is 0.304. The number of hydrazine groups is 1. The Bertz CT molecular complexity index is 1210. The first-order valence-electron chi connectivity index (χ1n) is 10.5. The molecule has 0 radical (unpaired) electrons. The van der Waals surface area contributed by atoms with Crippen LogP contribution >= 0.6 is 0 Å². The molecule has 0 saturated heterocycles. The fourth-order valence-electron chi connectivity index (χ4n) is 3.44. The van der Waals surface area contributed by atoms with E-state index in [-0.39, 0.29) is 11.8 Å². The summed E-state index contributed by atoms with van der Waals surface area (Å²) in [6, 6.07) is 15.7. The maximum atomic E-state index is 12.1. The van der Waals surface area contributed by atoms with E-state index in [0.29, 0.717) is 5.95 Å². The van der Waals surface area contributed by atoms with Gasteiger partial charge in [0.25, 0.3) is 0 Å². The molecule has 3 aromatic rings. The lowest BCUT2D eigenvalue weighted by atomic mass is 10.1. The zero-order chi connectivity index (χ0) is 22.9. The molecule has 4 rings (SSSR count). The van der Waals surface area contributed by atoms with Gasteiger partial charge in [0.1, 0.15) is 5.82 Å². The Morgan fingerprint density at radius 3 is 2.59 bits per heavy atom. The smallest absolute Gasteiger partial charge is 0.229 e. The minimum absolute atomic E-state index is 0.0334. The van der Waals surface area contributed by atoms with Crippen LogP contribution in [0, 0.1) is 0 Å². The minimum atomic E-state index is -3.13. The second kappa shape index (κ2) is 8.76. The monoisotopic (exact) mass is 452 g/mol. The van der Waals surface area contributed by atoms with Gasteiger partial charge in [0, 0.05) is 24.6 Å². The van der Waals surface area contributed by atoms with Gasteiger partial charge in [-0.15, -0.1) is 0 Å². The SMILES string of the molecule is CC1NNc2cc(N(C)c3ccnc(Nc4ccc(CS(=O)(=O)C(C)C)cc4)n3)ccc21. The summed E-state index contributed by atoms with van der Waals surface area (Å²) in [5, 5.41) is 2.80. The Balaban J connectivity index is 1.48. The zero-order valence-corrected chi connectivity index (χ0v) is 19.4. The highest BCUT2D eigenvalue weighted by atomic mass is 32.2. The number of hydrogen-bond donors (Lipinski definition) is 3. The van der Waals surface area contributed by atoms with Gasteiger partial charge in [0.15, 0.2) is 9.84 Å². The van der Waals surface area contributed by atoms with Crippen molar-refractivity contribution in [1.82, 2.24) is 15.4 Å². The van der Waals surface area contributed by atoms with Crippen LogP contribution in [-0.4, -0.2) is 30.7 Å². The summed E-state index contributed by atoms with van der Waals surface area (Å²) >= 11 is 0. The van der Waals surface area contributed by atoms with E-state index in [4.69, 9.17) is 0 Å². The second-order valence-electron chi connectivity index (χ2n) is 8.24. The molecule has 1 atom stereocenters. The van der Waals surface area contributed by atoms with Crippen molar-refractivity contribution in [2.24, 2.45) is 0 Å². The van der Waals surface area contributed by atoms with Crippen LogP contribution in [0.4, 0.5) is 28.8 Å². The molecule has 168 valence electrons. The number of hydrogen-bond acceptors (Lipinski definition) is 8. The lowest BCUT2D eigenvalue weighted by Crippen LogP contribution is -2.16. The number of rotatable bonds is 7. The van der Waals surface area contributed by atoms with Gasteiger partial charge in [-0.25, -0.2) is 18.8 Å². The number of fused-ring (bicyclic) bond motifs is 1. The van der Waals surface area contributed by atoms with Crippen molar-refractivity contribution in [1.29, 1.82) is 0 Å². The van der Waals surface area contributed by atoms with E-state index in [1.54, 1.807) is 20.0 Å². The molecule has 2 aromatic carbocycles. The molecule has 0 bridgehead atoms. The van der Waals surface area contributed by atoms with Crippen LogP contribution in [-0.2, 0) is 15.6 Å². The largest absolute Gasteiger partial charge is 0.329 e. The van der Waals surface area contributed by atoms with E-state index in [1.165, 1.54) is 5.56 Å². The van der Waals surface area contributed by atoms with E-state index in [1.807, 2.05) is 42.3 Å². The molecular weight excluding hydrogens is 424 g/mol. The Labute approximate surface area is 189 Å². The first-order chi connectivity index (χ1) is 15.2. The molecule has 0 saturated carbocycles. The third-order valence-corrected chi connectivity index (χ3v) is 7.77. The summed E-state index contributed by atoms with van der Waals surface area (Å²) in [7, 11) is -1.17. The van der Waals surface area contributed by atoms with Gasteiger partial charge in [-0.1, -0.05) is 18.2 Å². The van der Waals surface area contributed by atoms with E-state index >= 15 is 0 Å². The average Bonchev–Trinajstić information content (AvgIpc) is 3.14. The van der Waals surface area contributed by atoms with Crippen LogP contribution in [0.25, 0.3) is 0 Å². The summed E-state index contributed by atoms with van der Waals surface area (Å²) in [5.41, 5.74) is 11.3. The second-order valence-corrected chi connectivity index (χ2v) is 10.8. The Morgan fingerprint density at radius 1 is 1.12 bits per heavy atom. The molecule has 1 aromatic heterocycles. The third kappa shape index (κ3) is 4.68. The maximum Gasteiger partial charge on any atom is 0.229 e. The van der Waals surface area contributed by atoms with E-state index < -0.39 is 15.1 Å². The topological polar surface area (TPSA) is 99.2 Å². The lowest BCUT2D eigenvalue weighted by Gasteiger charge is -2.19. The van der Waals surface area contributed by atoms with Gasteiger partial charge in [-0.05, 0) is 62.2 Å². The fourth-order valence-corrected chi connectivity index (χ4v) is 4.43. The normalized spacial score (nSPS) is 15.3. The van der Waals surface area contributed by atoms with Crippen molar-refractivity contribution in [3.63, 3.8) is 0 Å². The van der Waals surface area contributed by atoms with Crippen molar-refractivity contribution in [2.75, 3.05) is 22.7 Å². The van der Waals surface area contributed by atoms with Crippen molar-refractivity contribution in [3.05, 3.63) is 65.9 Å². The molecule has 0 amide bonds. The molecule has 1 aliphatic heterocycles. The van der Waals surface area contributed by atoms with Gasteiger partial charge < -0.3 is 15.6 Å². The minimum Gasteiger partial charge on any atom is -0.329 e. The van der Waals surface area contributed by atoms with Gasteiger partial charge in [0.2, 0.25) is 5.95 Å². The van der Waals surface area contributed by atoms with Crippen LogP contribution in [0.1, 0.15) is 37.9 Å². The van der Waals surface area contributed by atoms with Crippen molar-refractivity contribution >= 4 is 38.7 Å². The Morgan fingerprint density at radius 2 is 1.88 bits per heavy atom. The van der Waals surface area contributed by atoms with Crippen molar-refractivity contribution < 1.29 is 8.42 Å². The van der Waals surface area contributed by atoms with E-state index in [9.17, 15) is 8.42 Å². The number of sulfone groups is 1. The quantitative estimate of drug-likeness (QED) is 0.488. The lowest BCUT2D eigenvalue weighted by molar-refractivity contribution is 0.586. The summed E-state index contributed by atoms with van der Waals surface area (Å²) < 4.78 is 24.2. The molecule has 0 fully saturated rings. The molecular formula is C23H28N6O2S. The van der Waals surface area contributed by atoms with Gasteiger partial charge in [-0.2, -0.15) is 4.98 Å². The maximum absolute atomic E-state index is 12.1. The van der Waals surface area contributed by atoms with Crippen LogP contribution in [0.5, 0.6) is 0 Å². The number of anilines is 5. The van der Waals surface area contributed by atoms with Gasteiger partial charge in [-0.3, -0.25) is 0 Å². The molecule has 1 aliphatic rings. The number of nitrogens with zero attached hydrogens (tertiary/aromatic N) is 3. The summed E-state index contributed by atoms with van der Waals surface area (Å²) in [5.74, 6) is 1.25. The molecule has 3 N–H and O–H groups in total. The first kappa shape index (κ1) is 22.0. The van der Waals surface area contributed by atoms with Crippen LogP contribution in [0.2, 0.25) is 0 Å². The molecule has 8 nitrogen and oxygen atoms in total. The molecule has 32 heavy (non-hydrogen) atoms. The Hall–Kier alpha value is -3.17. The van der Waals surface area contributed by atoms with Crippen LogP contribution in [0.3, 0.4) is 0 Å². The average molecular weight is 453 g/mol. The Kier molecular flexibility index (Phi) is 6.03. The van der Waals surface area contributed by atoms with Gasteiger partial charge >= 0.3 is 0 Å². The molecule has 2 heterocycles. The molecule has 0 aliphatic carbocycles. The van der Waals surface area contributed by atoms with E-state index in [2.05, 4.69) is 51.3 Å². The highest BCUT2D eigenvalue weighted by Gasteiger charge is 2.19. The number of aromatic nitrogens is 2. The van der Waals surface area contributed by atoms with Crippen molar-refractivity contribution in [2.45, 2.75) is 37.8 Å². The molecule has 1 unspecified atom stereocenters. The first-order valence-corrected chi connectivity index (χ1v) is 12.2. The van der Waals surface area contributed by atoms with Crippen molar-refractivity contribution in [3.8, 4) is 0 Å². The summed E-state index contributed by atoms with van der Waals surface area (Å²) in [6.45, 7) is 5.51. The predicted octanol–water partition coefficient (Wildman–Crippen LogP) is 4.30. The van der Waals surface area contributed by atoms with Crippen LogP contribution < -0.4 is 21.1 Å². The molecule has 9 heteroatoms. The zero-order valence-electron chi connectivity index (χ0n) is 18.6. The number of benzene rings is 2. The standard InChI is InChI=1S/C23H28N6O2S/c1-15(2)32(30,31)14-17-5-7-18(8-6-17)25-23-24-12-11-22(26-23)29(4)19-9-10-20-16(3)27-28-21(20)13-19/h5-13,15-16,27-28H,14H2,1-4H3,(H,24,25,26). The highest BCUT2D eigenvalue weighted by Crippen LogP contribution is 2.33. The molecule has 0 spiro atoms. The number of nitrogens with one attached hydrogen (secondary N) is 3. The predicted molar refractivity (Wildman–Crippen MR) is 129 cm³/mol. The highest BCUT2D eigenvalue weighted by molar-refractivity contribution is 7.91. The third-order valence-electron chi connectivity index (χ3n) is 5.59. The van der Waals surface area contributed by atoms with E-state index in [0.717, 1.165) is 28.4 Å². The summed E-state index contributed by atoms with van der Waals surface area (Å²) in [4.78, 5) is 10.9. The van der Waals surface area contributed by atoms with Gasteiger partial charge in [0.05, 0.1) is 22.7 Å².